The molecule has 1 aromatic carbocycles. The van der Waals surface area contributed by atoms with Gasteiger partial charge in [-0.05, 0) is 24.5 Å². The molecular weight excluding hydrogens is 214 g/mol. The highest BCUT2D eigenvalue weighted by atomic mass is 16.5. The van der Waals surface area contributed by atoms with E-state index in [0.717, 1.165) is 23.7 Å². The summed E-state index contributed by atoms with van der Waals surface area (Å²) in [5, 5.41) is 3.45. The zero-order valence-electron chi connectivity index (χ0n) is 11.5. The summed E-state index contributed by atoms with van der Waals surface area (Å²) in [6.07, 6.45) is 1.18. The molecule has 0 radical (unpaired) electrons. The molecule has 1 aromatic rings. The van der Waals surface area contributed by atoms with Crippen molar-refractivity contribution in [2.45, 2.75) is 27.2 Å². The molecule has 0 saturated heterocycles. The van der Waals surface area contributed by atoms with Crippen LogP contribution in [0.5, 0.6) is 11.5 Å². The summed E-state index contributed by atoms with van der Waals surface area (Å²) in [7, 11) is 3.31. The monoisotopic (exact) mass is 237 g/mol. The van der Waals surface area contributed by atoms with E-state index in [1.807, 2.05) is 12.1 Å². The Labute approximate surface area is 104 Å². The average molecular weight is 237 g/mol. The maximum Gasteiger partial charge on any atom is 0.162 e. The summed E-state index contributed by atoms with van der Waals surface area (Å²) < 4.78 is 10.6. The highest BCUT2D eigenvalue weighted by Crippen LogP contribution is 2.32. The lowest BCUT2D eigenvalue weighted by atomic mass is 10.1. The summed E-state index contributed by atoms with van der Waals surface area (Å²) in [6, 6.07) is 3.99. The van der Waals surface area contributed by atoms with Crippen LogP contribution in [0, 0.1) is 12.8 Å². The van der Waals surface area contributed by atoms with Crippen molar-refractivity contribution in [1.82, 2.24) is 0 Å². The summed E-state index contributed by atoms with van der Waals surface area (Å²) in [5.41, 5.74) is 2.29. The molecule has 1 rings (SSSR count). The van der Waals surface area contributed by atoms with Crippen LogP contribution >= 0.6 is 0 Å². The highest BCUT2D eigenvalue weighted by Gasteiger charge is 2.08. The number of anilines is 1. The van der Waals surface area contributed by atoms with Crippen LogP contribution in [0.4, 0.5) is 5.69 Å². The quantitative estimate of drug-likeness (QED) is 0.821. The number of ether oxygens (including phenoxy) is 2. The number of aryl methyl sites for hydroxylation is 1. The maximum atomic E-state index is 5.30. The fourth-order valence-electron chi connectivity index (χ4n) is 1.60. The Hall–Kier alpha value is -1.38. The van der Waals surface area contributed by atoms with Crippen molar-refractivity contribution in [2.75, 3.05) is 26.1 Å². The Morgan fingerprint density at radius 2 is 1.76 bits per heavy atom. The molecule has 1 N–H and O–H groups in total. The number of rotatable bonds is 6. The van der Waals surface area contributed by atoms with E-state index in [4.69, 9.17) is 9.47 Å². The number of hydrogen-bond acceptors (Lipinski definition) is 3. The summed E-state index contributed by atoms with van der Waals surface area (Å²) in [6.45, 7) is 7.49. The molecule has 1 unspecified atom stereocenters. The van der Waals surface area contributed by atoms with Crippen LogP contribution in [0.25, 0.3) is 0 Å². The van der Waals surface area contributed by atoms with Gasteiger partial charge in [0.25, 0.3) is 0 Å². The second-order valence-electron chi connectivity index (χ2n) is 4.42. The van der Waals surface area contributed by atoms with E-state index in [9.17, 15) is 0 Å². The summed E-state index contributed by atoms with van der Waals surface area (Å²) >= 11 is 0. The van der Waals surface area contributed by atoms with E-state index in [-0.39, 0.29) is 0 Å². The number of hydrogen-bond donors (Lipinski definition) is 1. The van der Waals surface area contributed by atoms with Gasteiger partial charge < -0.3 is 14.8 Å². The van der Waals surface area contributed by atoms with Crippen molar-refractivity contribution in [1.29, 1.82) is 0 Å². The molecule has 0 spiro atoms. The Bertz CT molecular complexity index is 363. The van der Waals surface area contributed by atoms with Gasteiger partial charge in [-0.1, -0.05) is 20.3 Å². The standard InChI is InChI=1S/C14H23NO2/c1-6-10(2)9-15-12-8-14(17-5)13(16-4)7-11(12)3/h7-8,10,15H,6,9H2,1-5H3. The molecule has 96 valence electrons. The topological polar surface area (TPSA) is 30.5 Å². The molecule has 0 amide bonds. The third kappa shape index (κ3) is 3.55. The van der Waals surface area contributed by atoms with E-state index in [2.05, 4.69) is 26.1 Å². The van der Waals surface area contributed by atoms with E-state index >= 15 is 0 Å². The zero-order chi connectivity index (χ0) is 12.8. The fraction of sp³-hybridized carbons (Fsp3) is 0.571. The first-order chi connectivity index (χ1) is 8.12. The molecule has 0 saturated carbocycles. The minimum atomic E-state index is 0.669. The number of methoxy groups -OCH3 is 2. The van der Waals surface area contributed by atoms with Crippen molar-refractivity contribution in [3.05, 3.63) is 17.7 Å². The predicted octanol–water partition coefficient (Wildman–Crippen LogP) is 3.47. The number of benzene rings is 1. The lowest BCUT2D eigenvalue weighted by Crippen LogP contribution is -2.11. The van der Waals surface area contributed by atoms with Crippen molar-refractivity contribution in [2.24, 2.45) is 5.92 Å². The molecule has 3 heteroatoms. The van der Waals surface area contributed by atoms with Crippen LogP contribution in [-0.4, -0.2) is 20.8 Å². The van der Waals surface area contributed by atoms with Gasteiger partial charge in [-0.15, -0.1) is 0 Å². The summed E-state index contributed by atoms with van der Waals surface area (Å²) in [5.74, 6) is 2.21. The molecule has 0 heterocycles. The lowest BCUT2D eigenvalue weighted by Gasteiger charge is -2.16. The van der Waals surface area contributed by atoms with Gasteiger partial charge in [0.1, 0.15) is 0 Å². The molecule has 0 aromatic heterocycles. The van der Waals surface area contributed by atoms with E-state index in [0.29, 0.717) is 5.92 Å². The largest absolute Gasteiger partial charge is 0.493 e. The normalized spacial score (nSPS) is 12.1. The van der Waals surface area contributed by atoms with E-state index < -0.39 is 0 Å². The fourth-order valence-corrected chi connectivity index (χ4v) is 1.60. The Morgan fingerprint density at radius 3 is 2.29 bits per heavy atom. The van der Waals surface area contributed by atoms with Crippen LogP contribution in [0.2, 0.25) is 0 Å². The van der Waals surface area contributed by atoms with Crippen LogP contribution in [0.1, 0.15) is 25.8 Å². The molecule has 3 nitrogen and oxygen atoms in total. The molecule has 0 fully saturated rings. The van der Waals surface area contributed by atoms with Gasteiger partial charge in [-0.3, -0.25) is 0 Å². The molecule has 0 aliphatic heterocycles. The first kappa shape index (κ1) is 13.7. The Kier molecular flexibility index (Phi) is 5.13. The lowest BCUT2D eigenvalue weighted by molar-refractivity contribution is 0.355. The van der Waals surface area contributed by atoms with Crippen molar-refractivity contribution >= 4 is 5.69 Å². The van der Waals surface area contributed by atoms with Gasteiger partial charge >= 0.3 is 0 Å². The van der Waals surface area contributed by atoms with Crippen LogP contribution in [-0.2, 0) is 0 Å². The zero-order valence-corrected chi connectivity index (χ0v) is 11.5. The second kappa shape index (κ2) is 6.38. The van der Waals surface area contributed by atoms with Crippen molar-refractivity contribution < 1.29 is 9.47 Å². The van der Waals surface area contributed by atoms with Gasteiger partial charge in [0, 0.05) is 18.3 Å². The van der Waals surface area contributed by atoms with Gasteiger partial charge in [0.05, 0.1) is 14.2 Å². The Balaban J connectivity index is 2.85. The summed E-state index contributed by atoms with van der Waals surface area (Å²) in [4.78, 5) is 0. The SMILES string of the molecule is CCC(C)CNc1cc(OC)c(OC)cc1C. The van der Waals surface area contributed by atoms with Gasteiger partial charge in [0.2, 0.25) is 0 Å². The van der Waals surface area contributed by atoms with Gasteiger partial charge in [0.15, 0.2) is 11.5 Å². The Morgan fingerprint density at radius 1 is 1.18 bits per heavy atom. The van der Waals surface area contributed by atoms with Crippen LogP contribution in [0.15, 0.2) is 12.1 Å². The van der Waals surface area contributed by atoms with Crippen LogP contribution < -0.4 is 14.8 Å². The molecule has 0 bridgehead atoms. The smallest absolute Gasteiger partial charge is 0.162 e. The minimum Gasteiger partial charge on any atom is -0.493 e. The van der Waals surface area contributed by atoms with Gasteiger partial charge in [-0.25, -0.2) is 0 Å². The van der Waals surface area contributed by atoms with Crippen molar-refractivity contribution in [3.63, 3.8) is 0 Å². The predicted molar refractivity (Wildman–Crippen MR) is 72.2 cm³/mol. The van der Waals surface area contributed by atoms with E-state index in [1.54, 1.807) is 14.2 Å². The number of nitrogens with one attached hydrogen (secondary N) is 1. The first-order valence-corrected chi connectivity index (χ1v) is 6.08. The molecule has 1 atom stereocenters. The third-order valence-corrected chi connectivity index (χ3v) is 3.07. The first-order valence-electron chi connectivity index (χ1n) is 6.08. The second-order valence-corrected chi connectivity index (χ2v) is 4.42. The molecule has 17 heavy (non-hydrogen) atoms. The molecule has 0 aliphatic rings. The molecule has 0 aliphatic carbocycles. The van der Waals surface area contributed by atoms with Gasteiger partial charge in [-0.2, -0.15) is 0 Å². The maximum absolute atomic E-state index is 5.30. The minimum absolute atomic E-state index is 0.669. The third-order valence-electron chi connectivity index (χ3n) is 3.07. The average Bonchev–Trinajstić information content (AvgIpc) is 2.36. The van der Waals surface area contributed by atoms with Crippen LogP contribution in [0.3, 0.4) is 0 Å². The van der Waals surface area contributed by atoms with E-state index in [1.165, 1.54) is 12.0 Å². The highest BCUT2D eigenvalue weighted by molar-refractivity contribution is 5.60. The molecular formula is C14H23NO2. The van der Waals surface area contributed by atoms with Crippen molar-refractivity contribution in [3.8, 4) is 11.5 Å².